The summed E-state index contributed by atoms with van der Waals surface area (Å²) in [5.74, 6) is 6.93. The van der Waals surface area contributed by atoms with Gasteiger partial charge in [0.25, 0.3) is 5.91 Å². The summed E-state index contributed by atoms with van der Waals surface area (Å²) < 4.78 is 5.61. The van der Waals surface area contributed by atoms with Crippen LogP contribution in [-0.4, -0.2) is 5.91 Å². The van der Waals surface area contributed by atoms with E-state index in [0.717, 1.165) is 5.76 Å². The van der Waals surface area contributed by atoms with Crippen molar-refractivity contribution < 1.29 is 9.21 Å². The molecule has 1 aliphatic rings. The molecule has 0 atom stereocenters. The Morgan fingerprint density at radius 1 is 1.33 bits per heavy atom. The third-order valence-electron chi connectivity index (χ3n) is 3.80. The third kappa shape index (κ3) is 2.99. The zero-order valence-electron chi connectivity index (χ0n) is 11.9. The van der Waals surface area contributed by atoms with Crippen LogP contribution in [0.2, 0.25) is 0 Å². The van der Waals surface area contributed by atoms with E-state index in [-0.39, 0.29) is 5.91 Å². The molecule has 110 valence electrons. The highest BCUT2D eigenvalue weighted by Crippen LogP contribution is 2.30. The van der Waals surface area contributed by atoms with Gasteiger partial charge in [-0.3, -0.25) is 10.2 Å². The molecule has 0 saturated heterocycles. The molecule has 4 nitrogen and oxygen atoms in total. The summed E-state index contributed by atoms with van der Waals surface area (Å²) in [6.45, 7) is 1.77. The van der Waals surface area contributed by atoms with Gasteiger partial charge in [0, 0.05) is 4.90 Å². The minimum Gasteiger partial charge on any atom is -0.465 e. The van der Waals surface area contributed by atoms with Gasteiger partial charge < -0.3 is 4.42 Å². The maximum absolute atomic E-state index is 11.5. The number of fused-ring (bicyclic) bond motifs is 1. The van der Waals surface area contributed by atoms with Crippen LogP contribution in [0.25, 0.3) is 0 Å². The molecule has 1 amide bonds. The maximum Gasteiger partial charge on any atom is 0.268 e. The van der Waals surface area contributed by atoms with Crippen LogP contribution in [0.5, 0.6) is 0 Å². The average Bonchev–Trinajstić information content (AvgIpc) is 3.10. The van der Waals surface area contributed by atoms with Gasteiger partial charge in [0.15, 0.2) is 0 Å². The molecule has 1 aromatic carbocycles. The Hall–Kier alpha value is -1.72. The molecule has 0 radical (unpaired) electrons. The average molecular weight is 302 g/mol. The summed E-state index contributed by atoms with van der Waals surface area (Å²) in [6.07, 6.45) is 3.65. The summed E-state index contributed by atoms with van der Waals surface area (Å²) in [5, 5.41) is 0. The van der Waals surface area contributed by atoms with Gasteiger partial charge in [0.2, 0.25) is 0 Å². The van der Waals surface area contributed by atoms with E-state index in [9.17, 15) is 4.79 Å². The largest absolute Gasteiger partial charge is 0.465 e. The molecule has 0 saturated carbocycles. The molecule has 3 N–H and O–H groups in total. The van der Waals surface area contributed by atoms with Crippen molar-refractivity contribution in [2.45, 2.75) is 36.8 Å². The lowest BCUT2D eigenvalue weighted by atomic mass is 10.1. The Balaban J connectivity index is 1.69. The van der Waals surface area contributed by atoms with Crippen molar-refractivity contribution in [2.75, 3.05) is 0 Å². The lowest BCUT2D eigenvalue weighted by Crippen LogP contribution is -2.30. The van der Waals surface area contributed by atoms with Crippen LogP contribution in [0.4, 0.5) is 0 Å². The first kappa shape index (κ1) is 14.2. The quantitative estimate of drug-likeness (QED) is 0.394. The van der Waals surface area contributed by atoms with Crippen LogP contribution in [0.15, 0.2) is 33.6 Å². The van der Waals surface area contributed by atoms with E-state index in [2.05, 4.69) is 23.6 Å². The predicted octanol–water partition coefficient (Wildman–Crippen LogP) is 2.97. The summed E-state index contributed by atoms with van der Waals surface area (Å²) in [7, 11) is 0. The van der Waals surface area contributed by atoms with E-state index in [4.69, 9.17) is 10.3 Å². The molecule has 0 aliphatic heterocycles. The Morgan fingerprint density at radius 2 is 2.14 bits per heavy atom. The van der Waals surface area contributed by atoms with Crippen molar-refractivity contribution in [1.82, 2.24) is 5.43 Å². The molecule has 3 rings (SSSR count). The van der Waals surface area contributed by atoms with Crippen LogP contribution in [-0.2, 0) is 18.6 Å². The number of furan rings is 1. The zero-order valence-corrected chi connectivity index (χ0v) is 12.8. The Morgan fingerprint density at radius 3 is 2.95 bits per heavy atom. The highest BCUT2D eigenvalue weighted by atomic mass is 32.2. The molecule has 5 heteroatoms. The number of aryl methyl sites for hydroxylation is 3. The number of rotatable bonds is 4. The third-order valence-corrected chi connectivity index (χ3v) is 4.81. The number of amides is 1. The number of carbonyl (C=O) groups is 1. The zero-order chi connectivity index (χ0) is 14.8. The van der Waals surface area contributed by atoms with Gasteiger partial charge in [-0.2, -0.15) is 0 Å². The van der Waals surface area contributed by atoms with Gasteiger partial charge in [-0.05, 0) is 55.5 Å². The highest BCUT2D eigenvalue weighted by molar-refractivity contribution is 7.98. The van der Waals surface area contributed by atoms with E-state index in [0.29, 0.717) is 17.1 Å². The molecular weight excluding hydrogens is 284 g/mol. The predicted molar refractivity (Wildman–Crippen MR) is 83.1 cm³/mol. The number of benzene rings is 1. The van der Waals surface area contributed by atoms with Crippen LogP contribution in [0.1, 0.15) is 39.4 Å². The number of hydrogen-bond donors (Lipinski definition) is 2. The van der Waals surface area contributed by atoms with Crippen molar-refractivity contribution in [2.24, 2.45) is 5.84 Å². The van der Waals surface area contributed by atoms with Gasteiger partial charge in [0.05, 0.1) is 11.3 Å². The fourth-order valence-corrected chi connectivity index (χ4v) is 3.55. The van der Waals surface area contributed by atoms with Crippen molar-refractivity contribution >= 4 is 17.7 Å². The van der Waals surface area contributed by atoms with E-state index in [1.165, 1.54) is 35.3 Å². The topological polar surface area (TPSA) is 68.3 Å². The first-order valence-corrected chi connectivity index (χ1v) is 8.01. The van der Waals surface area contributed by atoms with Crippen molar-refractivity contribution in [1.29, 1.82) is 0 Å². The van der Waals surface area contributed by atoms with Crippen molar-refractivity contribution in [3.63, 3.8) is 0 Å². The highest BCUT2D eigenvalue weighted by Gasteiger charge is 2.15. The molecule has 21 heavy (non-hydrogen) atoms. The molecule has 0 unspecified atom stereocenters. The fourth-order valence-electron chi connectivity index (χ4n) is 2.71. The van der Waals surface area contributed by atoms with Crippen LogP contribution in [0, 0.1) is 6.92 Å². The van der Waals surface area contributed by atoms with Gasteiger partial charge in [-0.1, -0.05) is 6.07 Å². The Bertz CT molecular complexity index is 679. The van der Waals surface area contributed by atoms with Gasteiger partial charge in [-0.25, -0.2) is 5.84 Å². The minimum absolute atomic E-state index is 0.315. The second-order valence-corrected chi connectivity index (χ2v) is 6.28. The van der Waals surface area contributed by atoms with Crippen LogP contribution < -0.4 is 11.3 Å². The molecule has 2 aromatic rings. The first-order chi connectivity index (χ1) is 10.2. The summed E-state index contributed by atoms with van der Waals surface area (Å²) in [5.41, 5.74) is 5.59. The number of carbonyl (C=O) groups excluding carboxylic acids is 1. The fraction of sp³-hybridized carbons (Fsp3) is 0.312. The lowest BCUT2D eigenvalue weighted by molar-refractivity contribution is 0.0952. The number of thioether (sulfide) groups is 1. The second kappa shape index (κ2) is 5.95. The standard InChI is InChI=1S/C16H18N2O2S/c1-10-15(16(19)18-17)8-13(20-10)9-21-14-6-5-11-3-2-4-12(11)7-14/h5-8H,2-4,9,17H2,1H3,(H,18,19). The SMILES string of the molecule is Cc1oc(CSc2ccc3c(c2)CCC3)cc1C(=O)NN. The molecule has 0 fully saturated rings. The molecule has 0 spiro atoms. The second-order valence-electron chi connectivity index (χ2n) is 5.23. The number of nitrogens with two attached hydrogens (primary N) is 1. The number of nitrogens with one attached hydrogen (secondary N) is 1. The van der Waals surface area contributed by atoms with Crippen molar-refractivity contribution in [3.05, 3.63) is 52.5 Å². The normalized spacial score (nSPS) is 13.2. The molecule has 1 aliphatic carbocycles. The van der Waals surface area contributed by atoms with Crippen LogP contribution >= 0.6 is 11.8 Å². The van der Waals surface area contributed by atoms with Crippen LogP contribution in [0.3, 0.4) is 0 Å². The first-order valence-electron chi connectivity index (χ1n) is 7.02. The maximum atomic E-state index is 11.5. The van der Waals surface area contributed by atoms with Gasteiger partial charge in [0.1, 0.15) is 11.5 Å². The summed E-state index contributed by atoms with van der Waals surface area (Å²) >= 11 is 1.72. The Labute approximate surface area is 128 Å². The minimum atomic E-state index is -0.315. The van der Waals surface area contributed by atoms with Gasteiger partial charge >= 0.3 is 0 Å². The van der Waals surface area contributed by atoms with E-state index >= 15 is 0 Å². The van der Waals surface area contributed by atoms with E-state index in [1.807, 2.05) is 0 Å². The molecule has 1 aromatic heterocycles. The Kier molecular flexibility index (Phi) is 4.03. The molecule has 0 bridgehead atoms. The number of nitrogen functional groups attached to an aromatic ring is 1. The number of hydrogen-bond acceptors (Lipinski definition) is 4. The smallest absolute Gasteiger partial charge is 0.268 e. The summed E-state index contributed by atoms with van der Waals surface area (Å²) in [4.78, 5) is 12.8. The summed E-state index contributed by atoms with van der Waals surface area (Å²) in [6, 6.07) is 8.43. The monoisotopic (exact) mass is 302 g/mol. The van der Waals surface area contributed by atoms with Crippen molar-refractivity contribution in [3.8, 4) is 0 Å². The molecular formula is C16H18N2O2S. The van der Waals surface area contributed by atoms with E-state index < -0.39 is 0 Å². The lowest BCUT2D eigenvalue weighted by Gasteiger charge is -2.03. The van der Waals surface area contributed by atoms with Gasteiger partial charge in [-0.15, -0.1) is 11.8 Å². The van der Waals surface area contributed by atoms with E-state index in [1.54, 1.807) is 24.8 Å². The molecule has 1 heterocycles. The number of hydrazine groups is 1.